The molecule has 2 unspecified atom stereocenters. The molecule has 0 aromatic carbocycles. The molecule has 2 atom stereocenters. The van der Waals surface area contributed by atoms with Crippen LogP contribution in [0.15, 0.2) is 12.2 Å². The third-order valence-corrected chi connectivity index (χ3v) is 1.01. The van der Waals surface area contributed by atoms with E-state index in [-0.39, 0.29) is 12.1 Å². The van der Waals surface area contributed by atoms with Crippen molar-refractivity contribution in [1.29, 1.82) is 0 Å². The fourth-order valence-electron chi connectivity index (χ4n) is 0.618. The van der Waals surface area contributed by atoms with E-state index in [0.717, 1.165) is 0 Å². The summed E-state index contributed by atoms with van der Waals surface area (Å²) in [6.07, 6.45) is 2.47. The van der Waals surface area contributed by atoms with Crippen molar-refractivity contribution < 1.29 is 14.6 Å². The predicted octanol–water partition coefficient (Wildman–Crippen LogP) is 0.875. The Kier molecular flexibility index (Phi) is 4.54. The minimum absolute atomic E-state index is 0.262. The second-order valence-corrected chi connectivity index (χ2v) is 2.44. The molecule has 0 aliphatic heterocycles. The molecule has 0 aliphatic carbocycles. The lowest BCUT2D eigenvalue weighted by Gasteiger charge is -2.06. The molecule has 0 fully saturated rings. The molecular formula is C8H14O3. The highest BCUT2D eigenvalue weighted by molar-refractivity contribution is 5.66. The standard InChI is InChI=1S/C8H14O3/c1-6(9)4-5-7(2)11-8(3)10/h4-7,9H,1-3H3/b5-4+. The molecule has 0 aliphatic rings. The summed E-state index contributed by atoms with van der Waals surface area (Å²) in [5, 5.41) is 8.81. The number of hydrogen-bond donors (Lipinski definition) is 1. The van der Waals surface area contributed by atoms with Gasteiger partial charge in [0.15, 0.2) is 0 Å². The summed E-state index contributed by atoms with van der Waals surface area (Å²) < 4.78 is 4.76. The van der Waals surface area contributed by atoms with Gasteiger partial charge < -0.3 is 9.84 Å². The molecular weight excluding hydrogens is 144 g/mol. The Balaban J connectivity index is 3.68. The first-order valence-corrected chi connectivity index (χ1v) is 3.56. The van der Waals surface area contributed by atoms with Crippen molar-refractivity contribution in [2.45, 2.75) is 33.0 Å². The van der Waals surface area contributed by atoms with Crippen LogP contribution in [0.4, 0.5) is 0 Å². The summed E-state index contributed by atoms with van der Waals surface area (Å²) in [6, 6.07) is 0. The van der Waals surface area contributed by atoms with Gasteiger partial charge in [-0.3, -0.25) is 4.79 Å². The van der Waals surface area contributed by atoms with Crippen LogP contribution < -0.4 is 0 Å². The van der Waals surface area contributed by atoms with Crippen LogP contribution in [-0.4, -0.2) is 23.3 Å². The topological polar surface area (TPSA) is 46.5 Å². The quantitative estimate of drug-likeness (QED) is 0.489. The third kappa shape index (κ3) is 7.06. The van der Waals surface area contributed by atoms with Crippen molar-refractivity contribution in [2.75, 3.05) is 0 Å². The second-order valence-electron chi connectivity index (χ2n) is 2.44. The number of esters is 1. The van der Waals surface area contributed by atoms with Gasteiger partial charge in [0.05, 0.1) is 6.10 Å². The van der Waals surface area contributed by atoms with Gasteiger partial charge >= 0.3 is 5.97 Å². The van der Waals surface area contributed by atoms with Crippen LogP contribution in [0, 0.1) is 0 Å². The molecule has 3 nitrogen and oxygen atoms in total. The monoisotopic (exact) mass is 158 g/mol. The maximum absolute atomic E-state index is 10.4. The van der Waals surface area contributed by atoms with E-state index < -0.39 is 6.10 Å². The van der Waals surface area contributed by atoms with Gasteiger partial charge in [-0.05, 0) is 19.9 Å². The normalized spacial score (nSPS) is 16.4. The molecule has 64 valence electrons. The average molecular weight is 158 g/mol. The largest absolute Gasteiger partial charge is 0.459 e. The lowest BCUT2D eigenvalue weighted by Crippen LogP contribution is -2.09. The Morgan fingerprint density at radius 3 is 2.36 bits per heavy atom. The van der Waals surface area contributed by atoms with Crippen molar-refractivity contribution in [2.24, 2.45) is 0 Å². The van der Waals surface area contributed by atoms with Gasteiger partial charge in [0.1, 0.15) is 6.10 Å². The van der Waals surface area contributed by atoms with E-state index in [2.05, 4.69) is 0 Å². The second kappa shape index (κ2) is 4.91. The van der Waals surface area contributed by atoms with Crippen molar-refractivity contribution >= 4 is 5.97 Å². The smallest absolute Gasteiger partial charge is 0.303 e. The summed E-state index contributed by atoms with van der Waals surface area (Å²) >= 11 is 0. The first kappa shape index (κ1) is 10.2. The number of rotatable bonds is 3. The molecule has 3 heteroatoms. The van der Waals surface area contributed by atoms with Crippen LogP contribution in [-0.2, 0) is 9.53 Å². The summed E-state index contributed by atoms with van der Waals surface area (Å²) in [7, 11) is 0. The number of aliphatic hydroxyl groups excluding tert-OH is 1. The molecule has 0 rings (SSSR count). The van der Waals surface area contributed by atoms with Gasteiger partial charge in [-0.2, -0.15) is 0 Å². The Bertz CT molecular complexity index is 149. The lowest BCUT2D eigenvalue weighted by molar-refractivity contribution is -0.143. The molecule has 0 aromatic rings. The SMILES string of the molecule is CC(=O)OC(C)/C=C/C(C)O. The summed E-state index contributed by atoms with van der Waals surface area (Å²) in [5.41, 5.74) is 0. The van der Waals surface area contributed by atoms with Gasteiger partial charge in [0, 0.05) is 6.92 Å². The average Bonchev–Trinajstić information content (AvgIpc) is 1.82. The van der Waals surface area contributed by atoms with E-state index in [1.54, 1.807) is 26.0 Å². The molecule has 0 spiro atoms. The molecule has 0 aromatic heterocycles. The van der Waals surface area contributed by atoms with Crippen LogP contribution in [0.3, 0.4) is 0 Å². The first-order chi connectivity index (χ1) is 5.02. The van der Waals surface area contributed by atoms with Crippen molar-refractivity contribution in [3.05, 3.63) is 12.2 Å². The van der Waals surface area contributed by atoms with Crippen molar-refractivity contribution in [3.8, 4) is 0 Å². The van der Waals surface area contributed by atoms with E-state index in [1.807, 2.05) is 0 Å². The number of aliphatic hydroxyl groups is 1. The molecule has 0 saturated heterocycles. The van der Waals surface area contributed by atoms with Gasteiger partial charge in [0.2, 0.25) is 0 Å². The lowest BCUT2D eigenvalue weighted by atomic mass is 10.3. The molecule has 1 N–H and O–H groups in total. The van der Waals surface area contributed by atoms with Crippen molar-refractivity contribution in [1.82, 2.24) is 0 Å². The summed E-state index contributed by atoms with van der Waals surface area (Å²) in [4.78, 5) is 10.4. The minimum Gasteiger partial charge on any atom is -0.459 e. The molecule has 0 amide bonds. The zero-order valence-electron chi connectivity index (χ0n) is 7.07. The molecule has 0 radical (unpaired) electrons. The van der Waals surface area contributed by atoms with E-state index in [4.69, 9.17) is 9.84 Å². The molecule has 11 heavy (non-hydrogen) atoms. The Morgan fingerprint density at radius 1 is 1.45 bits per heavy atom. The fourth-order valence-corrected chi connectivity index (χ4v) is 0.618. The van der Waals surface area contributed by atoms with Crippen LogP contribution in [0.1, 0.15) is 20.8 Å². The van der Waals surface area contributed by atoms with Gasteiger partial charge in [-0.25, -0.2) is 0 Å². The van der Waals surface area contributed by atoms with Gasteiger partial charge in [-0.15, -0.1) is 0 Å². The zero-order valence-corrected chi connectivity index (χ0v) is 7.07. The van der Waals surface area contributed by atoms with Crippen LogP contribution in [0.2, 0.25) is 0 Å². The van der Waals surface area contributed by atoms with E-state index in [9.17, 15) is 4.79 Å². The maximum atomic E-state index is 10.4. The molecule has 0 bridgehead atoms. The molecule has 0 saturated carbocycles. The van der Waals surface area contributed by atoms with E-state index in [0.29, 0.717) is 0 Å². The van der Waals surface area contributed by atoms with Crippen LogP contribution in [0.25, 0.3) is 0 Å². The maximum Gasteiger partial charge on any atom is 0.303 e. The third-order valence-electron chi connectivity index (χ3n) is 1.01. The Hall–Kier alpha value is -0.830. The van der Waals surface area contributed by atoms with Crippen LogP contribution >= 0.6 is 0 Å². The highest BCUT2D eigenvalue weighted by Gasteiger charge is 1.99. The highest BCUT2D eigenvalue weighted by atomic mass is 16.5. The van der Waals surface area contributed by atoms with Crippen molar-refractivity contribution in [3.63, 3.8) is 0 Å². The number of ether oxygens (including phenoxy) is 1. The summed E-state index contributed by atoms with van der Waals surface area (Å²) in [5.74, 6) is -0.312. The van der Waals surface area contributed by atoms with E-state index in [1.165, 1.54) is 6.92 Å². The van der Waals surface area contributed by atoms with E-state index >= 15 is 0 Å². The summed E-state index contributed by atoms with van der Waals surface area (Å²) in [6.45, 7) is 4.73. The fraction of sp³-hybridized carbons (Fsp3) is 0.625. The number of carbonyl (C=O) groups excluding carboxylic acids is 1. The minimum atomic E-state index is -0.493. The Labute approximate surface area is 66.7 Å². The Morgan fingerprint density at radius 2 is 2.00 bits per heavy atom. The number of hydrogen-bond acceptors (Lipinski definition) is 3. The molecule has 0 heterocycles. The zero-order chi connectivity index (χ0) is 8.85. The first-order valence-electron chi connectivity index (χ1n) is 3.56. The van der Waals surface area contributed by atoms with Gasteiger partial charge in [-0.1, -0.05) is 6.08 Å². The highest BCUT2D eigenvalue weighted by Crippen LogP contribution is 1.94. The predicted molar refractivity (Wildman–Crippen MR) is 42.0 cm³/mol. The van der Waals surface area contributed by atoms with Crippen LogP contribution in [0.5, 0.6) is 0 Å². The number of carbonyl (C=O) groups is 1. The van der Waals surface area contributed by atoms with Gasteiger partial charge in [0.25, 0.3) is 0 Å².